The largest absolute Gasteiger partial charge is 0.357 e. The molecule has 17 heavy (non-hydrogen) atoms. The standard InChI is InChI=1S/C14H17N3/c1-2-4-13-11(3-1)12-7-10-8-15-5-6-17(10)9-14(12)16-13/h1-4,10,15-16H,5-9H2/t10-/m0/s1. The number of hydrogen-bond acceptors (Lipinski definition) is 2. The second-order valence-electron chi connectivity index (χ2n) is 5.16. The Morgan fingerprint density at radius 3 is 3.18 bits per heavy atom. The molecule has 1 aromatic carbocycles. The third-order valence-corrected chi connectivity index (χ3v) is 4.18. The number of piperazine rings is 1. The summed E-state index contributed by atoms with van der Waals surface area (Å²) in [5.74, 6) is 0. The van der Waals surface area contributed by atoms with Gasteiger partial charge in [-0.25, -0.2) is 0 Å². The number of aromatic amines is 1. The summed E-state index contributed by atoms with van der Waals surface area (Å²) < 4.78 is 0. The number of para-hydroxylation sites is 1. The van der Waals surface area contributed by atoms with E-state index in [1.54, 1.807) is 5.56 Å². The summed E-state index contributed by atoms with van der Waals surface area (Å²) in [6, 6.07) is 9.37. The number of hydrogen-bond donors (Lipinski definition) is 2. The molecule has 0 radical (unpaired) electrons. The van der Waals surface area contributed by atoms with Crippen molar-refractivity contribution in [3.63, 3.8) is 0 Å². The van der Waals surface area contributed by atoms with Gasteiger partial charge < -0.3 is 10.3 Å². The highest BCUT2D eigenvalue weighted by molar-refractivity contribution is 5.84. The van der Waals surface area contributed by atoms with E-state index < -0.39 is 0 Å². The summed E-state index contributed by atoms with van der Waals surface area (Å²) in [4.78, 5) is 6.19. The summed E-state index contributed by atoms with van der Waals surface area (Å²) >= 11 is 0. The van der Waals surface area contributed by atoms with Gasteiger partial charge in [0.15, 0.2) is 0 Å². The van der Waals surface area contributed by atoms with Crippen molar-refractivity contribution < 1.29 is 0 Å². The van der Waals surface area contributed by atoms with E-state index in [1.165, 1.54) is 29.6 Å². The normalized spacial score (nSPS) is 24.6. The van der Waals surface area contributed by atoms with Gasteiger partial charge in [-0.15, -0.1) is 0 Å². The number of aromatic nitrogens is 1. The van der Waals surface area contributed by atoms with E-state index in [4.69, 9.17) is 0 Å². The lowest BCUT2D eigenvalue weighted by Crippen LogP contribution is -2.53. The molecule has 1 fully saturated rings. The minimum absolute atomic E-state index is 0.690. The van der Waals surface area contributed by atoms with E-state index in [1.807, 2.05) is 0 Å². The van der Waals surface area contributed by atoms with Gasteiger partial charge >= 0.3 is 0 Å². The lowest BCUT2D eigenvalue weighted by molar-refractivity contribution is 0.139. The molecule has 4 rings (SSSR count). The molecule has 2 aliphatic rings. The van der Waals surface area contributed by atoms with E-state index in [9.17, 15) is 0 Å². The minimum Gasteiger partial charge on any atom is -0.357 e. The molecule has 1 aromatic heterocycles. The Morgan fingerprint density at radius 2 is 2.18 bits per heavy atom. The fourth-order valence-electron chi connectivity index (χ4n) is 3.28. The van der Waals surface area contributed by atoms with Gasteiger partial charge in [0.05, 0.1) is 0 Å². The molecule has 0 bridgehead atoms. The van der Waals surface area contributed by atoms with Crippen LogP contribution in [0.1, 0.15) is 11.3 Å². The first kappa shape index (κ1) is 9.68. The maximum Gasteiger partial charge on any atom is 0.0459 e. The predicted octanol–water partition coefficient (Wildman–Crippen LogP) is 1.50. The van der Waals surface area contributed by atoms with Crippen LogP contribution in [0.5, 0.6) is 0 Å². The van der Waals surface area contributed by atoms with Gasteiger partial charge in [-0.05, 0) is 18.1 Å². The zero-order valence-corrected chi connectivity index (χ0v) is 9.87. The molecular formula is C14H17N3. The average molecular weight is 227 g/mol. The van der Waals surface area contributed by atoms with E-state index in [0.29, 0.717) is 6.04 Å². The SMILES string of the molecule is c1ccc2c3c([nH]c2c1)CN1CCNC[C@@H]1C3. The van der Waals surface area contributed by atoms with Crippen LogP contribution in [0, 0.1) is 0 Å². The molecule has 3 heteroatoms. The third kappa shape index (κ3) is 1.43. The maximum atomic E-state index is 3.59. The van der Waals surface area contributed by atoms with Crippen LogP contribution in [0.4, 0.5) is 0 Å². The number of nitrogens with one attached hydrogen (secondary N) is 2. The maximum absolute atomic E-state index is 3.59. The summed E-state index contributed by atoms with van der Waals surface area (Å²) in [5, 5.41) is 4.93. The van der Waals surface area contributed by atoms with Crippen LogP contribution < -0.4 is 5.32 Å². The lowest BCUT2D eigenvalue weighted by Gasteiger charge is -2.39. The fraction of sp³-hybridized carbons (Fsp3) is 0.429. The number of fused-ring (bicyclic) bond motifs is 4. The van der Waals surface area contributed by atoms with Crippen LogP contribution in [0.2, 0.25) is 0 Å². The van der Waals surface area contributed by atoms with Crippen LogP contribution >= 0.6 is 0 Å². The molecule has 88 valence electrons. The Balaban J connectivity index is 1.83. The zero-order valence-electron chi connectivity index (χ0n) is 9.87. The van der Waals surface area contributed by atoms with E-state index in [-0.39, 0.29) is 0 Å². The zero-order chi connectivity index (χ0) is 11.2. The van der Waals surface area contributed by atoms with Crippen LogP contribution in [0.25, 0.3) is 10.9 Å². The molecule has 2 aliphatic heterocycles. The number of rotatable bonds is 0. The number of H-pyrrole nitrogens is 1. The third-order valence-electron chi connectivity index (χ3n) is 4.18. The van der Waals surface area contributed by atoms with E-state index in [0.717, 1.165) is 19.6 Å². The molecule has 0 unspecified atom stereocenters. The molecule has 2 N–H and O–H groups in total. The van der Waals surface area contributed by atoms with Crippen molar-refractivity contribution in [1.29, 1.82) is 0 Å². The van der Waals surface area contributed by atoms with Crippen LogP contribution in [0.3, 0.4) is 0 Å². The average Bonchev–Trinajstić information content (AvgIpc) is 2.73. The summed E-state index contributed by atoms with van der Waals surface area (Å²) in [6.45, 7) is 4.54. The molecule has 2 aromatic rings. The highest BCUT2D eigenvalue weighted by atomic mass is 15.2. The highest BCUT2D eigenvalue weighted by Crippen LogP contribution is 2.30. The predicted molar refractivity (Wildman–Crippen MR) is 69.1 cm³/mol. The van der Waals surface area contributed by atoms with Crippen molar-refractivity contribution in [2.24, 2.45) is 0 Å². The van der Waals surface area contributed by atoms with Crippen molar-refractivity contribution in [1.82, 2.24) is 15.2 Å². The summed E-state index contributed by atoms with van der Waals surface area (Å²) in [5.41, 5.74) is 4.28. The van der Waals surface area contributed by atoms with Gasteiger partial charge in [-0.1, -0.05) is 18.2 Å². The van der Waals surface area contributed by atoms with Gasteiger partial charge in [0.1, 0.15) is 0 Å². The smallest absolute Gasteiger partial charge is 0.0459 e. The van der Waals surface area contributed by atoms with Crippen LogP contribution in [0.15, 0.2) is 24.3 Å². The molecule has 0 spiro atoms. The first-order valence-corrected chi connectivity index (χ1v) is 6.45. The Labute approximate surface area is 101 Å². The summed E-state index contributed by atoms with van der Waals surface area (Å²) in [7, 11) is 0. The molecule has 3 nitrogen and oxygen atoms in total. The van der Waals surface area contributed by atoms with Crippen molar-refractivity contribution in [3.8, 4) is 0 Å². The van der Waals surface area contributed by atoms with Gasteiger partial charge in [-0.3, -0.25) is 4.90 Å². The molecule has 3 heterocycles. The quantitative estimate of drug-likeness (QED) is 0.714. The molecular weight excluding hydrogens is 210 g/mol. The number of nitrogens with zero attached hydrogens (tertiary/aromatic N) is 1. The number of benzene rings is 1. The van der Waals surface area contributed by atoms with Crippen molar-refractivity contribution in [2.45, 2.75) is 19.0 Å². The first-order chi connectivity index (χ1) is 8.42. The summed E-state index contributed by atoms with van der Waals surface area (Å²) in [6.07, 6.45) is 1.19. The molecule has 0 aliphatic carbocycles. The second-order valence-corrected chi connectivity index (χ2v) is 5.16. The molecule has 0 saturated carbocycles. The van der Waals surface area contributed by atoms with Crippen molar-refractivity contribution in [2.75, 3.05) is 19.6 Å². The Morgan fingerprint density at radius 1 is 1.24 bits per heavy atom. The molecule has 1 atom stereocenters. The highest BCUT2D eigenvalue weighted by Gasteiger charge is 2.30. The van der Waals surface area contributed by atoms with E-state index in [2.05, 4.69) is 39.5 Å². The molecule has 0 amide bonds. The molecule has 1 saturated heterocycles. The first-order valence-electron chi connectivity index (χ1n) is 6.45. The van der Waals surface area contributed by atoms with Crippen LogP contribution in [-0.4, -0.2) is 35.6 Å². The minimum atomic E-state index is 0.690. The Kier molecular flexibility index (Phi) is 2.04. The lowest BCUT2D eigenvalue weighted by atomic mass is 9.95. The van der Waals surface area contributed by atoms with Gasteiger partial charge in [0.2, 0.25) is 0 Å². The van der Waals surface area contributed by atoms with Crippen molar-refractivity contribution in [3.05, 3.63) is 35.5 Å². The van der Waals surface area contributed by atoms with Gasteiger partial charge in [-0.2, -0.15) is 0 Å². The van der Waals surface area contributed by atoms with E-state index >= 15 is 0 Å². The Bertz CT molecular complexity index is 558. The van der Waals surface area contributed by atoms with Gasteiger partial charge in [0.25, 0.3) is 0 Å². The van der Waals surface area contributed by atoms with Crippen molar-refractivity contribution >= 4 is 10.9 Å². The van der Waals surface area contributed by atoms with Gasteiger partial charge in [0, 0.05) is 48.8 Å². The fourth-order valence-corrected chi connectivity index (χ4v) is 3.28. The Hall–Kier alpha value is -1.32. The second kappa shape index (κ2) is 3.59. The van der Waals surface area contributed by atoms with Crippen LogP contribution in [-0.2, 0) is 13.0 Å². The monoisotopic (exact) mass is 227 g/mol. The topological polar surface area (TPSA) is 31.1 Å².